The monoisotopic (exact) mass is 454 g/mol. The number of hydrogen-bond acceptors (Lipinski definition) is 5. The van der Waals surface area contributed by atoms with Crippen LogP contribution in [0.3, 0.4) is 0 Å². The molecule has 2 fully saturated rings. The van der Waals surface area contributed by atoms with Gasteiger partial charge in [-0.1, -0.05) is 36.4 Å². The number of fused-ring (bicyclic) bond motifs is 2. The van der Waals surface area contributed by atoms with Crippen molar-refractivity contribution in [2.24, 2.45) is 5.92 Å². The van der Waals surface area contributed by atoms with Gasteiger partial charge in [-0.25, -0.2) is 4.98 Å². The molecule has 5 nitrogen and oxygen atoms in total. The fraction of sp³-hybridized carbons (Fsp3) is 0.414. The Kier molecular flexibility index (Phi) is 6.11. The first-order chi connectivity index (χ1) is 16.8. The fourth-order valence-corrected chi connectivity index (χ4v) is 5.88. The van der Waals surface area contributed by atoms with Crippen LogP contribution in [0.5, 0.6) is 0 Å². The molecule has 1 N–H and O–H groups in total. The maximum atomic E-state index is 5.59. The number of hydrogen-bond donors (Lipinski definition) is 1. The largest absolute Gasteiger partial charge is 0.378 e. The van der Waals surface area contributed by atoms with Crippen molar-refractivity contribution in [3.8, 4) is 0 Å². The van der Waals surface area contributed by atoms with E-state index in [0.717, 1.165) is 56.8 Å². The summed E-state index contributed by atoms with van der Waals surface area (Å²) in [4.78, 5) is 9.70. The molecule has 176 valence electrons. The van der Waals surface area contributed by atoms with E-state index < -0.39 is 0 Å². The lowest BCUT2D eigenvalue weighted by atomic mass is 9.78. The van der Waals surface area contributed by atoms with Crippen LogP contribution < -0.4 is 15.1 Å². The molecule has 0 spiro atoms. The molecule has 3 heterocycles. The normalized spacial score (nSPS) is 22.4. The Morgan fingerprint density at radius 1 is 0.912 bits per heavy atom. The van der Waals surface area contributed by atoms with Crippen LogP contribution in [0.15, 0.2) is 66.9 Å². The van der Waals surface area contributed by atoms with Gasteiger partial charge in [-0.2, -0.15) is 0 Å². The van der Waals surface area contributed by atoms with Gasteiger partial charge in [0.1, 0.15) is 5.82 Å². The maximum absolute atomic E-state index is 5.59. The third-order valence-electron chi connectivity index (χ3n) is 7.80. The van der Waals surface area contributed by atoms with E-state index in [1.807, 2.05) is 6.20 Å². The molecule has 3 aliphatic rings. The first-order valence-electron chi connectivity index (χ1n) is 12.8. The number of pyridine rings is 1. The first-order valence-corrected chi connectivity index (χ1v) is 12.8. The fourth-order valence-electron chi connectivity index (χ4n) is 5.88. The van der Waals surface area contributed by atoms with Crippen LogP contribution in [-0.2, 0) is 11.3 Å². The van der Waals surface area contributed by atoms with Crippen molar-refractivity contribution >= 4 is 22.9 Å². The van der Waals surface area contributed by atoms with Gasteiger partial charge in [-0.05, 0) is 67.3 Å². The zero-order valence-corrected chi connectivity index (χ0v) is 19.8. The highest BCUT2D eigenvalue weighted by molar-refractivity contribution is 5.81. The van der Waals surface area contributed by atoms with Gasteiger partial charge in [0, 0.05) is 43.6 Å². The molecular formula is C29H34N4O. The van der Waals surface area contributed by atoms with Crippen molar-refractivity contribution in [3.05, 3.63) is 78.0 Å². The predicted octanol–water partition coefficient (Wildman–Crippen LogP) is 5.96. The summed E-state index contributed by atoms with van der Waals surface area (Å²) in [5, 5.41) is 3.63. The molecule has 2 aliphatic heterocycles. The van der Waals surface area contributed by atoms with Gasteiger partial charge in [0.05, 0.1) is 24.6 Å². The number of nitrogens with one attached hydrogen (secondary N) is 1. The van der Waals surface area contributed by atoms with Gasteiger partial charge < -0.3 is 19.9 Å². The highest BCUT2D eigenvalue weighted by Gasteiger charge is 2.27. The molecule has 1 saturated heterocycles. The average molecular weight is 455 g/mol. The van der Waals surface area contributed by atoms with Crippen molar-refractivity contribution < 1.29 is 4.74 Å². The second-order valence-electron chi connectivity index (χ2n) is 9.95. The number of benzene rings is 2. The Morgan fingerprint density at radius 3 is 2.56 bits per heavy atom. The van der Waals surface area contributed by atoms with Crippen molar-refractivity contribution in [2.75, 3.05) is 48.0 Å². The number of rotatable bonds is 4. The molecule has 0 bridgehead atoms. The second-order valence-corrected chi connectivity index (χ2v) is 9.95. The molecule has 1 saturated carbocycles. The summed E-state index contributed by atoms with van der Waals surface area (Å²) >= 11 is 0. The van der Waals surface area contributed by atoms with E-state index in [9.17, 15) is 0 Å². The summed E-state index contributed by atoms with van der Waals surface area (Å²) in [6, 6.07) is 22.2. The number of morpholine rings is 1. The molecule has 0 amide bonds. The zero-order valence-electron chi connectivity index (χ0n) is 19.8. The number of nitrogens with zero attached hydrogens (tertiary/aromatic N) is 3. The van der Waals surface area contributed by atoms with Gasteiger partial charge in [0.15, 0.2) is 0 Å². The molecule has 34 heavy (non-hydrogen) atoms. The highest BCUT2D eigenvalue weighted by Crippen LogP contribution is 2.41. The standard InChI is InChI=1S/C29H34N4O/c1-2-5-23(6-3-1)24-10-8-22(9-11-24)20-33-21-25-7-4-14-30-29(25)31-27-13-12-26(19-28(27)33)32-15-17-34-18-16-32/h1-7,12-14,19,22,24H,8-11,15-18,20-21H2,(H,30,31)/t22-,24-. The highest BCUT2D eigenvalue weighted by atomic mass is 16.5. The van der Waals surface area contributed by atoms with Crippen molar-refractivity contribution in [2.45, 2.75) is 38.1 Å². The summed E-state index contributed by atoms with van der Waals surface area (Å²) in [5.74, 6) is 2.42. The van der Waals surface area contributed by atoms with E-state index >= 15 is 0 Å². The van der Waals surface area contributed by atoms with Gasteiger partial charge in [0.25, 0.3) is 0 Å². The van der Waals surface area contributed by atoms with E-state index in [2.05, 4.69) is 80.8 Å². The molecule has 0 unspecified atom stereocenters. The Bertz CT molecular complexity index is 1100. The van der Waals surface area contributed by atoms with E-state index in [0.29, 0.717) is 5.92 Å². The van der Waals surface area contributed by atoms with Crippen molar-refractivity contribution in [3.63, 3.8) is 0 Å². The van der Waals surface area contributed by atoms with Crippen LogP contribution in [0.1, 0.15) is 42.7 Å². The van der Waals surface area contributed by atoms with E-state index in [4.69, 9.17) is 4.74 Å². The van der Waals surface area contributed by atoms with E-state index in [1.54, 1.807) is 0 Å². The van der Waals surface area contributed by atoms with Crippen LogP contribution in [0.4, 0.5) is 22.9 Å². The molecule has 2 aromatic carbocycles. The smallest absolute Gasteiger partial charge is 0.135 e. The molecule has 1 aromatic heterocycles. The number of aromatic nitrogens is 1. The van der Waals surface area contributed by atoms with Crippen LogP contribution in [-0.4, -0.2) is 37.8 Å². The molecule has 3 aromatic rings. The summed E-state index contributed by atoms with van der Waals surface area (Å²) < 4.78 is 5.59. The quantitative estimate of drug-likeness (QED) is 0.527. The predicted molar refractivity (Wildman–Crippen MR) is 139 cm³/mol. The Hall–Kier alpha value is -3.05. The van der Waals surface area contributed by atoms with E-state index in [-0.39, 0.29) is 0 Å². The summed E-state index contributed by atoms with van der Waals surface area (Å²) in [6.45, 7) is 5.51. The van der Waals surface area contributed by atoms with E-state index in [1.165, 1.54) is 48.2 Å². The maximum Gasteiger partial charge on any atom is 0.135 e. The lowest BCUT2D eigenvalue weighted by molar-refractivity contribution is 0.122. The molecule has 0 atom stereocenters. The van der Waals surface area contributed by atoms with Crippen LogP contribution in [0.25, 0.3) is 0 Å². The third kappa shape index (κ3) is 4.49. The lowest BCUT2D eigenvalue weighted by Crippen LogP contribution is -2.36. The SMILES string of the molecule is c1ccc([C@H]2CC[C@H](CN3Cc4cccnc4Nc4ccc(N5CCOCC5)cc43)CC2)cc1. The van der Waals surface area contributed by atoms with Gasteiger partial charge in [-0.15, -0.1) is 0 Å². The minimum Gasteiger partial charge on any atom is -0.378 e. The minimum atomic E-state index is 0.716. The first kappa shape index (κ1) is 21.5. The van der Waals surface area contributed by atoms with Gasteiger partial charge >= 0.3 is 0 Å². The van der Waals surface area contributed by atoms with Gasteiger partial charge in [0.2, 0.25) is 0 Å². The Labute approximate surface area is 202 Å². The van der Waals surface area contributed by atoms with Crippen LogP contribution in [0.2, 0.25) is 0 Å². The third-order valence-corrected chi connectivity index (χ3v) is 7.80. The average Bonchev–Trinajstić information content (AvgIpc) is 3.06. The summed E-state index contributed by atoms with van der Waals surface area (Å²) in [6.07, 6.45) is 7.05. The molecule has 5 heteroatoms. The van der Waals surface area contributed by atoms with Crippen LogP contribution >= 0.6 is 0 Å². The van der Waals surface area contributed by atoms with Gasteiger partial charge in [-0.3, -0.25) is 0 Å². The molecule has 0 radical (unpaired) electrons. The topological polar surface area (TPSA) is 40.6 Å². The number of anilines is 4. The lowest BCUT2D eigenvalue weighted by Gasteiger charge is -2.35. The van der Waals surface area contributed by atoms with Crippen molar-refractivity contribution in [1.29, 1.82) is 0 Å². The summed E-state index contributed by atoms with van der Waals surface area (Å²) in [7, 11) is 0. The Morgan fingerprint density at radius 2 is 1.74 bits per heavy atom. The zero-order chi connectivity index (χ0) is 22.7. The second kappa shape index (κ2) is 9.67. The Balaban J connectivity index is 1.24. The van der Waals surface area contributed by atoms with Crippen molar-refractivity contribution in [1.82, 2.24) is 4.98 Å². The van der Waals surface area contributed by atoms with Crippen LogP contribution in [0, 0.1) is 5.92 Å². The molecule has 1 aliphatic carbocycles. The minimum absolute atomic E-state index is 0.716. The molecular weight excluding hydrogens is 420 g/mol. The summed E-state index contributed by atoms with van der Waals surface area (Å²) in [5.41, 5.74) is 6.53. The number of ether oxygens (including phenoxy) is 1. The molecule has 6 rings (SSSR count).